The van der Waals surface area contributed by atoms with Crippen LogP contribution in [0.25, 0.3) is 0 Å². The number of nitrogens with one attached hydrogen (secondary N) is 1. The Kier molecular flexibility index (Phi) is 3.73. The molecule has 98 valence electrons. The lowest BCUT2D eigenvalue weighted by Crippen LogP contribution is -2.42. The van der Waals surface area contributed by atoms with Crippen molar-refractivity contribution in [2.75, 3.05) is 18.5 Å². The number of carbonyl (C=O) groups is 1. The number of nitrogen functional groups attached to an aromatic ring is 1. The number of amides is 1. The molecule has 0 aromatic carbocycles. The van der Waals surface area contributed by atoms with Gasteiger partial charge in [-0.25, -0.2) is 15.2 Å². The molecule has 1 amide bonds. The smallest absolute Gasteiger partial charge is 0.257 e. The monoisotopic (exact) mass is 254 g/mol. The van der Waals surface area contributed by atoms with E-state index in [1.807, 2.05) is 0 Å². The van der Waals surface area contributed by atoms with Crippen molar-refractivity contribution >= 4 is 11.7 Å². The van der Waals surface area contributed by atoms with Crippen LogP contribution in [0.1, 0.15) is 23.2 Å². The Hall–Kier alpha value is -1.73. The van der Waals surface area contributed by atoms with Crippen LogP contribution in [0.2, 0.25) is 0 Å². The summed E-state index contributed by atoms with van der Waals surface area (Å²) in [5, 5.41) is 9.51. The first kappa shape index (κ1) is 12.7. The zero-order valence-corrected chi connectivity index (χ0v) is 9.77. The van der Waals surface area contributed by atoms with Gasteiger partial charge in [-0.2, -0.15) is 0 Å². The van der Waals surface area contributed by atoms with Gasteiger partial charge in [0, 0.05) is 19.3 Å². The van der Waals surface area contributed by atoms with E-state index in [0.29, 0.717) is 19.4 Å². The molecule has 1 aliphatic rings. The lowest BCUT2D eigenvalue weighted by atomic mass is 10.1. The van der Waals surface area contributed by atoms with Gasteiger partial charge in [0.15, 0.2) is 11.6 Å². The molecule has 1 aromatic heterocycles. The lowest BCUT2D eigenvalue weighted by molar-refractivity contribution is 0.0470. The van der Waals surface area contributed by atoms with Gasteiger partial charge in [-0.3, -0.25) is 4.79 Å². The maximum atomic E-state index is 13.9. The van der Waals surface area contributed by atoms with Crippen molar-refractivity contribution in [1.82, 2.24) is 9.88 Å². The van der Waals surface area contributed by atoms with E-state index in [2.05, 4.69) is 10.4 Å². The first-order chi connectivity index (χ1) is 8.63. The quantitative estimate of drug-likeness (QED) is 0.514. The SMILES string of the molecule is NNc1nccc(C(=O)N2CCCC(O)C2)c1F. The summed E-state index contributed by atoms with van der Waals surface area (Å²) in [6.45, 7) is 0.745. The van der Waals surface area contributed by atoms with Crippen molar-refractivity contribution in [3.8, 4) is 0 Å². The minimum absolute atomic E-state index is 0.0907. The highest BCUT2D eigenvalue weighted by Gasteiger charge is 2.25. The van der Waals surface area contributed by atoms with Crippen LogP contribution < -0.4 is 11.3 Å². The van der Waals surface area contributed by atoms with Gasteiger partial charge in [-0.15, -0.1) is 0 Å². The van der Waals surface area contributed by atoms with Crippen LogP contribution in [0.3, 0.4) is 0 Å². The Morgan fingerprint density at radius 2 is 2.44 bits per heavy atom. The second-order valence-corrected chi connectivity index (χ2v) is 4.21. The number of hydrogen-bond donors (Lipinski definition) is 3. The average molecular weight is 254 g/mol. The van der Waals surface area contributed by atoms with E-state index >= 15 is 0 Å². The van der Waals surface area contributed by atoms with Crippen LogP contribution in [0.15, 0.2) is 12.3 Å². The summed E-state index contributed by atoms with van der Waals surface area (Å²) in [6.07, 6.45) is 2.14. The molecule has 18 heavy (non-hydrogen) atoms. The predicted octanol–water partition coefficient (Wildman–Crippen LogP) is 0.103. The zero-order chi connectivity index (χ0) is 13.1. The van der Waals surface area contributed by atoms with E-state index in [1.165, 1.54) is 17.2 Å². The second-order valence-electron chi connectivity index (χ2n) is 4.21. The number of hydrazine groups is 1. The molecule has 0 aliphatic carbocycles. The third-order valence-electron chi connectivity index (χ3n) is 2.94. The van der Waals surface area contributed by atoms with Crippen LogP contribution in [0.4, 0.5) is 10.2 Å². The third kappa shape index (κ3) is 2.41. The van der Waals surface area contributed by atoms with Gasteiger partial charge >= 0.3 is 0 Å². The number of hydrogen-bond acceptors (Lipinski definition) is 5. The number of anilines is 1. The molecule has 1 unspecified atom stereocenters. The van der Waals surface area contributed by atoms with Crippen molar-refractivity contribution in [2.45, 2.75) is 18.9 Å². The Balaban J connectivity index is 2.23. The summed E-state index contributed by atoms with van der Waals surface area (Å²) in [6, 6.07) is 1.31. The number of rotatable bonds is 2. The number of halogens is 1. The first-order valence-electron chi connectivity index (χ1n) is 5.72. The van der Waals surface area contributed by atoms with Crippen LogP contribution >= 0.6 is 0 Å². The van der Waals surface area contributed by atoms with Gasteiger partial charge in [0.1, 0.15) is 0 Å². The number of nitrogens with two attached hydrogens (primary N) is 1. The minimum atomic E-state index is -0.773. The molecule has 2 heterocycles. The molecule has 1 saturated heterocycles. The molecule has 1 aliphatic heterocycles. The van der Waals surface area contributed by atoms with Gasteiger partial charge in [-0.05, 0) is 18.9 Å². The highest BCUT2D eigenvalue weighted by molar-refractivity contribution is 5.95. The van der Waals surface area contributed by atoms with Gasteiger partial charge in [0.2, 0.25) is 0 Å². The maximum absolute atomic E-state index is 13.9. The van der Waals surface area contributed by atoms with Gasteiger partial charge in [-0.1, -0.05) is 0 Å². The number of aliphatic hydroxyl groups is 1. The molecule has 0 bridgehead atoms. The Labute approximate surface area is 104 Å². The number of β-amino-alcohol motifs (C(OH)–C–C–N with tert-alkyl or cyclic N) is 1. The van der Waals surface area contributed by atoms with Crippen LogP contribution in [0.5, 0.6) is 0 Å². The van der Waals surface area contributed by atoms with Crippen molar-refractivity contribution in [3.05, 3.63) is 23.6 Å². The molecule has 1 aromatic rings. The number of piperidine rings is 1. The van der Waals surface area contributed by atoms with Crippen molar-refractivity contribution in [1.29, 1.82) is 0 Å². The van der Waals surface area contributed by atoms with Gasteiger partial charge in [0.05, 0.1) is 11.7 Å². The number of nitrogens with zero attached hydrogens (tertiary/aromatic N) is 2. The zero-order valence-electron chi connectivity index (χ0n) is 9.77. The van der Waals surface area contributed by atoms with Gasteiger partial charge in [0.25, 0.3) is 5.91 Å². The number of pyridine rings is 1. The highest BCUT2D eigenvalue weighted by Crippen LogP contribution is 2.18. The fourth-order valence-corrected chi connectivity index (χ4v) is 2.02. The molecule has 4 N–H and O–H groups in total. The summed E-state index contributed by atoms with van der Waals surface area (Å²) in [5.41, 5.74) is 2.01. The molecular weight excluding hydrogens is 239 g/mol. The maximum Gasteiger partial charge on any atom is 0.257 e. The van der Waals surface area contributed by atoms with Crippen LogP contribution in [0, 0.1) is 5.82 Å². The van der Waals surface area contributed by atoms with Crippen molar-refractivity contribution in [2.24, 2.45) is 5.84 Å². The first-order valence-corrected chi connectivity index (χ1v) is 5.72. The molecule has 0 saturated carbocycles. The summed E-state index contributed by atoms with van der Waals surface area (Å²) in [4.78, 5) is 17.2. The Morgan fingerprint density at radius 3 is 3.11 bits per heavy atom. The summed E-state index contributed by atoms with van der Waals surface area (Å²) in [5.74, 6) is 3.71. The highest BCUT2D eigenvalue weighted by atomic mass is 19.1. The molecule has 0 radical (unpaired) electrons. The standard InChI is InChI=1S/C11H15FN4O2/c12-9-8(3-4-14-10(9)15-13)11(18)16-5-1-2-7(17)6-16/h3-4,7,17H,1-2,5-6,13H2,(H,14,15). The van der Waals surface area contributed by atoms with Gasteiger partial charge < -0.3 is 15.4 Å². The van der Waals surface area contributed by atoms with E-state index < -0.39 is 17.8 Å². The third-order valence-corrected chi connectivity index (χ3v) is 2.94. The molecular formula is C11H15FN4O2. The summed E-state index contributed by atoms with van der Waals surface area (Å²) in [7, 11) is 0. The average Bonchev–Trinajstić information content (AvgIpc) is 2.38. The van der Waals surface area contributed by atoms with Crippen LogP contribution in [-0.4, -0.2) is 40.1 Å². The van der Waals surface area contributed by atoms with E-state index in [0.717, 1.165) is 0 Å². The number of carbonyl (C=O) groups excluding carboxylic acids is 1. The number of likely N-dealkylation sites (tertiary alicyclic amines) is 1. The number of aliphatic hydroxyl groups excluding tert-OH is 1. The largest absolute Gasteiger partial charge is 0.391 e. The molecule has 7 heteroatoms. The predicted molar refractivity (Wildman–Crippen MR) is 63.1 cm³/mol. The normalized spacial score (nSPS) is 19.7. The Morgan fingerprint density at radius 1 is 1.67 bits per heavy atom. The van der Waals surface area contributed by atoms with Crippen LogP contribution in [-0.2, 0) is 0 Å². The molecule has 1 fully saturated rings. The van der Waals surface area contributed by atoms with Crippen molar-refractivity contribution < 1.29 is 14.3 Å². The number of aromatic nitrogens is 1. The fourth-order valence-electron chi connectivity index (χ4n) is 2.02. The molecule has 0 spiro atoms. The van der Waals surface area contributed by atoms with E-state index in [-0.39, 0.29) is 17.9 Å². The van der Waals surface area contributed by atoms with E-state index in [4.69, 9.17) is 5.84 Å². The summed E-state index contributed by atoms with van der Waals surface area (Å²) >= 11 is 0. The molecule has 2 rings (SSSR count). The van der Waals surface area contributed by atoms with Crippen molar-refractivity contribution in [3.63, 3.8) is 0 Å². The topological polar surface area (TPSA) is 91.5 Å². The van der Waals surface area contributed by atoms with E-state index in [1.54, 1.807) is 0 Å². The van der Waals surface area contributed by atoms with E-state index in [9.17, 15) is 14.3 Å². The lowest BCUT2D eigenvalue weighted by Gasteiger charge is -2.30. The second kappa shape index (κ2) is 5.28. The molecule has 6 nitrogen and oxygen atoms in total. The minimum Gasteiger partial charge on any atom is -0.391 e. The Bertz CT molecular complexity index is 455. The summed E-state index contributed by atoms with van der Waals surface area (Å²) < 4.78 is 13.9. The molecule has 1 atom stereocenters. The fraction of sp³-hybridized carbons (Fsp3) is 0.455.